The van der Waals surface area contributed by atoms with Gasteiger partial charge in [0, 0.05) is 11.6 Å². The van der Waals surface area contributed by atoms with Crippen LogP contribution in [0, 0.1) is 0 Å². The molecule has 2 aromatic carbocycles. The van der Waals surface area contributed by atoms with Gasteiger partial charge in [-0.25, -0.2) is 0 Å². The van der Waals surface area contributed by atoms with Crippen molar-refractivity contribution in [1.29, 1.82) is 0 Å². The molecule has 1 aliphatic rings. The van der Waals surface area contributed by atoms with Crippen molar-refractivity contribution in [3.05, 3.63) is 58.0 Å². The molecule has 0 aromatic heterocycles. The number of unbranched alkanes of at least 4 members (excludes halogenated alkanes) is 4. The van der Waals surface area contributed by atoms with Crippen LogP contribution < -0.4 is 9.47 Å². The number of carbonyl (C=O) groups is 1. The van der Waals surface area contributed by atoms with Gasteiger partial charge in [0.1, 0.15) is 0 Å². The van der Waals surface area contributed by atoms with E-state index in [1.54, 1.807) is 26.2 Å². The first-order chi connectivity index (χ1) is 17.3. The van der Waals surface area contributed by atoms with Crippen molar-refractivity contribution in [2.75, 3.05) is 20.3 Å². The second kappa shape index (κ2) is 13.2. The van der Waals surface area contributed by atoms with Crippen LogP contribution in [0.15, 0.2) is 56.7 Å². The standard InChI is InChI=1S/C26H31ClN2O5S2/c1-4-6-7-8-9-16-34-22-15-10-19(17-23(22)33-3)18-24-25(30)29(5-2)26(35-24)28-36(31,32)21-13-11-20(27)12-14-21/h10-15,17-18H,4-9,16H2,1-3H3/b24-18-,28-26+. The summed E-state index contributed by atoms with van der Waals surface area (Å²) in [6.07, 6.45) is 7.45. The van der Waals surface area contributed by atoms with Gasteiger partial charge in [-0.05, 0) is 73.1 Å². The van der Waals surface area contributed by atoms with Gasteiger partial charge in [-0.15, -0.1) is 4.40 Å². The summed E-state index contributed by atoms with van der Waals surface area (Å²) >= 11 is 6.88. The van der Waals surface area contributed by atoms with E-state index in [1.165, 1.54) is 48.4 Å². The minimum absolute atomic E-state index is 0.00613. The molecule has 1 amide bonds. The highest BCUT2D eigenvalue weighted by molar-refractivity contribution is 8.19. The van der Waals surface area contributed by atoms with E-state index in [-0.39, 0.29) is 22.5 Å². The number of benzene rings is 2. The zero-order chi connectivity index (χ0) is 26.1. The van der Waals surface area contributed by atoms with Crippen molar-refractivity contribution < 1.29 is 22.7 Å². The van der Waals surface area contributed by atoms with E-state index in [0.717, 1.165) is 30.2 Å². The monoisotopic (exact) mass is 550 g/mol. The Labute approximate surface area is 222 Å². The first kappa shape index (κ1) is 28.1. The Morgan fingerprint density at radius 2 is 1.75 bits per heavy atom. The van der Waals surface area contributed by atoms with Crippen molar-refractivity contribution in [2.24, 2.45) is 4.40 Å². The van der Waals surface area contributed by atoms with Crippen LogP contribution in [-0.4, -0.2) is 44.7 Å². The van der Waals surface area contributed by atoms with Gasteiger partial charge < -0.3 is 9.47 Å². The molecule has 36 heavy (non-hydrogen) atoms. The molecule has 0 radical (unpaired) electrons. The SMILES string of the molecule is CCCCCCCOc1ccc(/C=C2\S/C(=N/S(=O)(=O)c3ccc(Cl)cc3)N(CC)C2=O)cc1OC. The molecule has 1 saturated heterocycles. The summed E-state index contributed by atoms with van der Waals surface area (Å²) in [7, 11) is -2.43. The zero-order valence-corrected chi connectivity index (χ0v) is 23.1. The highest BCUT2D eigenvalue weighted by Crippen LogP contribution is 2.35. The van der Waals surface area contributed by atoms with Crippen molar-refractivity contribution >= 4 is 50.5 Å². The molecule has 3 rings (SSSR count). The lowest BCUT2D eigenvalue weighted by atomic mass is 10.1. The summed E-state index contributed by atoms with van der Waals surface area (Å²) in [5.74, 6) is 0.908. The highest BCUT2D eigenvalue weighted by Gasteiger charge is 2.34. The molecule has 7 nitrogen and oxygen atoms in total. The fourth-order valence-corrected chi connectivity index (χ4v) is 5.92. The minimum Gasteiger partial charge on any atom is -0.493 e. The fourth-order valence-electron chi connectivity index (χ4n) is 3.55. The predicted molar refractivity (Wildman–Crippen MR) is 146 cm³/mol. The lowest BCUT2D eigenvalue weighted by molar-refractivity contribution is -0.122. The van der Waals surface area contributed by atoms with Gasteiger partial charge in [-0.1, -0.05) is 50.3 Å². The van der Waals surface area contributed by atoms with Gasteiger partial charge in [0.15, 0.2) is 16.7 Å². The molecule has 1 heterocycles. The van der Waals surface area contributed by atoms with Crippen LogP contribution in [0.5, 0.6) is 11.5 Å². The molecule has 1 fully saturated rings. The maximum absolute atomic E-state index is 13.0. The number of likely N-dealkylation sites (N-methyl/N-ethyl adjacent to an activating group) is 1. The van der Waals surface area contributed by atoms with Gasteiger partial charge >= 0.3 is 0 Å². The molecule has 0 atom stereocenters. The first-order valence-corrected chi connectivity index (χ1v) is 14.5. The Bertz CT molecular complexity index is 1230. The Kier molecular flexibility index (Phi) is 10.3. The molecule has 1 aliphatic heterocycles. The smallest absolute Gasteiger partial charge is 0.284 e. The maximum atomic E-state index is 13.0. The van der Waals surface area contributed by atoms with E-state index in [4.69, 9.17) is 21.1 Å². The Morgan fingerprint density at radius 3 is 2.42 bits per heavy atom. The van der Waals surface area contributed by atoms with E-state index in [0.29, 0.717) is 28.0 Å². The lowest BCUT2D eigenvalue weighted by Crippen LogP contribution is -2.29. The second-order valence-electron chi connectivity index (χ2n) is 8.14. The van der Waals surface area contributed by atoms with Crippen molar-refractivity contribution in [3.8, 4) is 11.5 Å². The Morgan fingerprint density at radius 1 is 1.03 bits per heavy atom. The topological polar surface area (TPSA) is 85.3 Å². The number of sulfonamides is 1. The number of halogens is 1. The van der Waals surface area contributed by atoms with Gasteiger partial charge in [0.25, 0.3) is 15.9 Å². The molecule has 0 bridgehead atoms. The summed E-state index contributed by atoms with van der Waals surface area (Å²) in [6, 6.07) is 11.2. The van der Waals surface area contributed by atoms with E-state index in [9.17, 15) is 13.2 Å². The number of carbonyl (C=O) groups excluding carboxylic acids is 1. The average Bonchev–Trinajstić information content (AvgIpc) is 3.14. The molecule has 194 valence electrons. The average molecular weight is 551 g/mol. The highest BCUT2D eigenvalue weighted by atomic mass is 35.5. The molecule has 0 spiro atoms. The van der Waals surface area contributed by atoms with Crippen LogP contribution in [0.2, 0.25) is 5.02 Å². The summed E-state index contributed by atoms with van der Waals surface area (Å²) in [5.41, 5.74) is 0.732. The number of nitrogens with zero attached hydrogens (tertiary/aromatic N) is 2. The third-order valence-electron chi connectivity index (χ3n) is 5.50. The number of thioether (sulfide) groups is 1. The lowest BCUT2D eigenvalue weighted by Gasteiger charge is -2.12. The van der Waals surface area contributed by atoms with Crippen molar-refractivity contribution in [2.45, 2.75) is 50.8 Å². The second-order valence-corrected chi connectivity index (χ2v) is 11.2. The Balaban J connectivity index is 1.77. The molecular formula is C26H31ClN2O5S2. The Hall–Kier alpha value is -2.49. The molecule has 10 heteroatoms. The van der Waals surface area contributed by atoms with Crippen LogP contribution >= 0.6 is 23.4 Å². The molecule has 0 aliphatic carbocycles. The largest absolute Gasteiger partial charge is 0.493 e. The van der Waals surface area contributed by atoms with E-state index >= 15 is 0 Å². The van der Waals surface area contributed by atoms with Crippen molar-refractivity contribution in [1.82, 2.24) is 4.90 Å². The van der Waals surface area contributed by atoms with Crippen molar-refractivity contribution in [3.63, 3.8) is 0 Å². The van der Waals surface area contributed by atoms with E-state index in [1.807, 2.05) is 12.1 Å². The number of amidine groups is 1. The molecule has 0 unspecified atom stereocenters. The fraction of sp³-hybridized carbons (Fsp3) is 0.385. The summed E-state index contributed by atoms with van der Waals surface area (Å²) in [5, 5.41) is 0.532. The van der Waals surface area contributed by atoms with Crippen LogP contribution in [0.25, 0.3) is 6.08 Å². The van der Waals surface area contributed by atoms with E-state index in [2.05, 4.69) is 11.3 Å². The van der Waals surface area contributed by atoms with Gasteiger partial charge in [0.05, 0.1) is 23.5 Å². The number of amides is 1. The number of methoxy groups -OCH3 is 1. The third kappa shape index (κ3) is 7.27. The quantitative estimate of drug-likeness (QED) is 0.225. The summed E-state index contributed by atoms with van der Waals surface area (Å²) < 4.78 is 40.9. The summed E-state index contributed by atoms with van der Waals surface area (Å²) in [6.45, 7) is 4.85. The zero-order valence-electron chi connectivity index (χ0n) is 20.7. The number of hydrogen-bond donors (Lipinski definition) is 0. The molecule has 2 aromatic rings. The predicted octanol–water partition coefficient (Wildman–Crippen LogP) is 6.38. The van der Waals surface area contributed by atoms with Crippen LogP contribution in [0.3, 0.4) is 0 Å². The maximum Gasteiger partial charge on any atom is 0.284 e. The number of ether oxygens (including phenoxy) is 2. The van der Waals surface area contributed by atoms with Gasteiger partial charge in [-0.2, -0.15) is 8.42 Å². The van der Waals surface area contributed by atoms with Crippen LogP contribution in [0.4, 0.5) is 0 Å². The molecule has 0 N–H and O–H groups in total. The van der Waals surface area contributed by atoms with Crippen LogP contribution in [0.1, 0.15) is 51.5 Å². The molecule has 0 saturated carbocycles. The normalized spacial score (nSPS) is 16.2. The van der Waals surface area contributed by atoms with Gasteiger partial charge in [0.2, 0.25) is 0 Å². The van der Waals surface area contributed by atoms with Gasteiger partial charge in [-0.3, -0.25) is 9.69 Å². The first-order valence-electron chi connectivity index (χ1n) is 11.9. The minimum atomic E-state index is -4.01. The number of hydrogen-bond acceptors (Lipinski definition) is 6. The number of rotatable bonds is 12. The van der Waals surface area contributed by atoms with Crippen LogP contribution in [-0.2, 0) is 14.8 Å². The van der Waals surface area contributed by atoms with E-state index < -0.39 is 10.0 Å². The summed E-state index contributed by atoms with van der Waals surface area (Å²) in [4.78, 5) is 14.7. The molecular weight excluding hydrogens is 520 g/mol. The third-order valence-corrected chi connectivity index (χ3v) is 8.16.